The first-order chi connectivity index (χ1) is 21.1. The van der Waals surface area contributed by atoms with Crippen molar-refractivity contribution in [2.75, 3.05) is 37.7 Å². The maximum atomic E-state index is 13.9. The van der Waals surface area contributed by atoms with Crippen LogP contribution in [0.2, 0.25) is 0 Å². The van der Waals surface area contributed by atoms with Crippen molar-refractivity contribution in [3.63, 3.8) is 0 Å². The van der Waals surface area contributed by atoms with Gasteiger partial charge in [0.2, 0.25) is 0 Å². The van der Waals surface area contributed by atoms with Crippen LogP contribution in [0.15, 0.2) is 65.1 Å². The number of aryl methyl sites for hydroxylation is 1. The molecule has 0 saturated carbocycles. The highest BCUT2D eigenvalue weighted by Gasteiger charge is 2.31. The summed E-state index contributed by atoms with van der Waals surface area (Å²) in [4.78, 5) is 28.8. The normalized spacial score (nSPS) is 16.0. The van der Waals surface area contributed by atoms with E-state index in [1.54, 1.807) is 64.5 Å². The van der Waals surface area contributed by atoms with Gasteiger partial charge in [-0.05, 0) is 73.0 Å². The number of halogens is 2. The molecule has 6 rings (SSSR count). The summed E-state index contributed by atoms with van der Waals surface area (Å²) in [6.07, 6.45) is 3.08. The van der Waals surface area contributed by atoms with E-state index in [1.165, 1.54) is 31.3 Å². The molecule has 8 nitrogen and oxygen atoms in total. The molecule has 1 N–H and O–H groups in total. The van der Waals surface area contributed by atoms with Crippen LogP contribution in [0.4, 0.5) is 14.5 Å². The number of nitrogens with one attached hydrogen (secondary N) is 1. The number of likely N-dealkylation sites (tertiary alicyclic amines) is 1. The quantitative estimate of drug-likeness (QED) is 0.254. The first-order valence-electron chi connectivity index (χ1n) is 14.3. The van der Waals surface area contributed by atoms with Crippen molar-refractivity contribution in [1.82, 2.24) is 14.8 Å². The zero-order valence-corrected chi connectivity index (χ0v) is 25.6. The second-order valence-corrected chi connectivity index (χ2v) is 12.5. The number of hydrogen-bond acceptors (Lipinski definition) is 4. The van der Waals surface area contributed by atoms with Gasteiger partial charge in [-0.15, -0.1) is 0 Å². The maximum absolute atomic E-state index is 13.9. The van der Waals surface area contributed by atoms with Crippen LogP contribution in [0.5, 0.6) is 0 Å². The molecule has 2 amide bonds. The molecular formula is C33H32F2N4O4S. The lowest BCUT2D eigenvalue weighted by Gasteiger charge is -2.35. The summed E-state index contributed by atoms with van der Waals surface area (Å²) < 4.78 is 50.0. The van der Waals surface area contributed by atoms with E-state index in [-0.39, 0.29) is 23.5 Å². The van der Waals surface area contributed by atoms with Gasteiger partial charge < -0.3 is 19.2 Å². The average molecular weight is 619 g/mol. The Hall–Kier alpha value is -4.51. The van der Waals surface area contributed by atoms with Gasteiger partial charge in [-0.2, -0.15) is 0 Å². The van der Waals surface area contributed by atoms with Crippen LogP contribution >= 0.6 is 0 Å². The topological polar surface area (TPSA) is 87.8 Å². The summed E-state index contributed by atoms with van der Waals surface area (Å²) in [5, 5.41) is 3.91. The number of piperidine rings is 1. The van der Waals surface area contributed by atoms with Crippen molar-refractivity contribution < 1.29 is 27.0 Å². The van der Waals surface area contributed by atoms with Gasteiger partial charge in [-0.25, -0.2) is 13.0 Å². The van der Waals surface area contributed by atoms with E-state index in [1.807, 2.05) is 6.07 Å². The number of carbonyl (C=O) groups is 2. The molecule has 1 aliphatic rings. The predicted molar refractivity (Wildman–Crippen MR) is 168 cm³/mol. The van der Waals surface area contributed by atoms with Gasteiger partial charge in [0.1, 0.15) is 39.7 Å². The minimum absolute atomic E-state index is 0.132. The summed E-state index contributed by atoms with van der Waals surface area (Å²) in [7, 11) is 3.68. The van der Waals surface area contributed by atoms with Crippen LogP contribution in [-0.4, -0.2) is 58.9 Å². The molecule has 228 valence electrons. The zero-order chi connectivity index (χ0) is 31.3. The van der Waals surface area contributed by atoms with E-state index in [9.17, 15) is 22.6 Å². The smallest absolute Gasteiger partial charge is 0.270 e. The third kappa shape index (κ3) is 5.15. The molecular weight excluding hydrogens is 586 g/mol. The lowest BCUT2D eigenvalue weighted by Crippen LogP contribution is -2.40. The van der Waals surface area contributed by atoms with E-state index in [0.717, 1.165) is 23.9 Å². The highest BCUT2D eigenvalue weighted by molar-refractivity contribution is 7.85. The number of rotatable bonds is 6. The number of benzene rings is 3. The van der Waals surface area contributed by atoms with Crippen LogP contribution in [0.25, 0.3) is 33.2 Å². The van der Waals surface area contributed by atoms with Gasteiger partial charge in [0.15, 0.2) is 0 Å². The van der Waals surface area contributed by atoms with Gasteiger partial charge in [-0.3, -0.25) is 13.9 Å². The lowest BCUT2D eigenvalue weighted by atomic mass is 9.88. The molecule has 0 bridgehead atoms. The molecule has 3 heterocycles. The van der Waals surface area contributed by atoms with Gasteiger partial charge in [0.25, 0.3) is 11.8 Å². The molecule has 0 spiro atoms. The number of aromatic nitrogens is 1. The summed E-state index contributed by atoms with van der Waals surface area (Å²) in [5.74, 6) is -1.12. The van der Waals surface area contributed by atoms with Crippen LogP contribution in [0, 0.1) is 11.6 Å². The molecule has 0 aliphatic carbocycles. The molecule has 1 unspecified atom stereocenters. The van der Waals surface area contributed by atoms with E-state index in [2.05, 4.69) is 5.32 Å². The minimum Gasteiger partial charge on any atom is -0.455 e. The molecule has 2 aromatic heterocycles. The average Bonchev–Trinajstić information content (AvgIpc) is 3.56. The van der Waals surface area contributed by atoms with Crippen molar-refractivity contribution in [1.29, 1.82) is 0 Å². The Morgan fingerprint density at radius 1 is 1.05 bits per heavy atom. The van der Waals surface area contributed by atoms with E-state index in [4.69, 9.17) is 4.42 Å². The number of hydrogen-bond donors (Lipinski definition) is 1. The Morgan fingerprint density at radius 3 is 2.48 bits per heavy atom. The van der Waals surface area contributed by atoms with Crippen molar-refractivity contribution in [3.8, 4) is 11.3 Å². The number of amides is 2. The highest BCUT2D eigenvalue weighted by atomic mass is 32.2. The van der Waals surface area contributed by atoms with Gasteiger partial charge in [0.05, 0.1) is 11.3 Å². The number of anilines is 1. The summed E-state index contributed by atoms with van der Waals surface area (Å²) in [5.41, 5.74) is 4.01. The first kappa shape index (κ1) is 29.6. The molecule has 0 radical (unpaired) electrons. The molecule has 44 heavy (non-hydrogen) atoms. The predicted octanol–water partition coefficient (Wildman–Crippen LogP) is 5.98. The van der Waals surface area contributed by atoms with Crippen molar-refractivity contribution in [3.05, 3.63) is 89.1 Å². The molecule has 5 aromatic rings. The summed E-state index contributed by atoms with van der Waals surface area (Å²) in [6, 6.07) is 15.6. The monoisotopic (exact) mass is 618 g/mol. The van der Waals surface area contributed by atoms with Crippen LogP contribution < -0.4 is 9.62 Å². The molecule has 1 saturated heterocycles. The van der Waals surface area contributed by atoms with Crippen LogP contribution in [0.3, 0.4) is 0 Å². The summed E-state index contributed by atoms with van der Waals surface area (Å²) >= 11 is 0. The Bertz CT molecular complexity index is 1950. The number of carbonyl (C=O) groups excluding carboxylic acids is 2. The van der Waals surface area contributed by atoms with Gasteiger partial charge in [-0.1, -0.05) is 0 Å². The largest absolute Gasteiger partial charge is 0.455 e. The summed E-state index contributed by atoms with van der Waals surface area (Å²) in [6.45, 7) is 0.956. The number of nitrogens with zero attached hydrogens (tertiary/aromatic N) is 3. The third-order valence-electron chi connectivity index (χ3n) is 8.49. The minimum atomic E-state index is -1.37. The molecule has 2 atom stereocenters. The maximum Gasteiger partial charge on any atom is 0.270 e. The van der Waals surface area contributed by atoms with Crippen LogP contribution in [0.1, 0.15) is 45.2 Å². The zero-order valence-electron chi connectivity index (χ0n) is 24.8. The van der Waals surface area contributed by atoms with E-state index in [0.29, 0.717) is 57.7 Å². The van der Waals surface area contributed by atoms with Crippen molar-refractivity contribution >= 4 is 50.4 Å². The molecule has 11 heteroatoms. The highest BCUT2D eigenvalue weighted by Crippen LogP contribution is 2.42. The van der Waals surface area contributed by atoms with Crippen LogP contribution in [-0.2, 0) is 18.0 Å². The van der Waals surface area contributed by atoms with Crippen molar-refractivity contribution in [2.24, 2.45) is 7.05 Å². The molecule has 3 aromatic carbocycles. The fourth-order valence-corrected chi connectivity index (χ4v) is 6.58. The molecule has 1 aliphatic heterocycles. The first-order valence-corrected chi connectivity index (χ1v) is 15.8. The Labute approximate surface area is 255 Å². The van der Waals surface area contributed by atoms with Gasteiger partial charge in [0, 0.05) is 74.3 Å². The fourth-order valence-electron chi connectivity index (χ4n) is 6.15. The van der Waals surface area contributed by atoms with Crippen molar-refractivity contribution in [2.45, 2.75) is 18.8 Å². The SMILES string of the molecule is CNC(=O)c1c(-c2ccc(F)cc2)oc2cc(N(C)S(C)=O)c([C@H]3CCCN(C(=O)c4cc5cc(F)ccc5n4C)C3)cc12. The van der Waals surface area contributed by atoms with E-state index >= 15 is 0 Å². The standard InChI is InChI=1S/C33H32F2N4O4S/c1-36-32(40)30-25-16-24(27(38(3)44(4)42)17-29(25)43-31(30)19-7-9-22(34)10-8-19)20-6-5-13-39(18-20)33(41)28-15-21-14-23(35)11-12-26(21)37(28)2/h7-12,14-17,20H,5-6,13,18H2,1-4H3,(H,36,40)/t20-,44?/m0/s1. The Balaban J connectivity index is 1.44. The van der Waals surface area contributed by atoms with E-state index < -0.39 is 16.8 Å². The second kappa shape index (κ2) is 11.5. The Morgan fingerprint density at radius 2 is 1.77 bits per heavy atom. The third-order valence-corrected chi connectivity index (χ3v) is 9.46. The fraction of sp³-hybridized carbons (Fsp3) is 0.273. The second-order valence-electron chi connectivity index (χ2n) is 11.1. The number of furan rings is 1. The lowest BCUT2D eigenvalue weighted by molar-refractivity contribution is 0.0698. The van der Waals surface area contributed by atoms with Gasteiger partial charge >= 0.3 is 0 Å². The molecule has 1 fully saturated rings. The Kier molecular flexibility index (Phi) is 7.75. The number of fused-ring (bicyclic) bond motifs is 2.